The number of imidazole rings is 1. The molecule has 2 N–H and O–H groups in total. The van der Waals surface area contributed by atoms with Gasteiger partial charge in [-0.3, -0.25) is 0 Å². The molecule has 2 aromatic heterocycles. The van der Waals surface area contributed by atoms with E-state index in [1.54, 1.807) is 6.20 Å². The smallest absolute Gasteiger partial charge is 0.132 e. The number of nitrogens with two attached hydrogens (primary N) is 1. The molecule has 0 aliphatic heterocycles. The van der Waals surface area contributed by atoms with E-state index < -0.39 is 0 Å². The molecule has 0 radical (unpaired) electrons. The first kappa shape index (κ1) is 14.6. The molecule has 2 aromatic rings. The summed E-state index contributed by atoms with van der Waals surface area (Å²) in [6.07, 6.45) is 9.13. The monoisotopic (exact) mass is 272 g/mol. The zero-order valence-corrected chi connectivity index (χ0v) is 12.6. The second kappa shape index (κ2) is 6.55. The third-order valence-electron chi connectivity index (χ3n) is 3.66. The van der Waals surface area contributed by atoms with Crippen LogP contribution in [0.4, 0.5) is 5.82 Å². The fourth-order valence-electron chi connectivity index (χ4n) is 2.46. The Morgan fingerprint density at radius 1 is 1.25 bits per heavy atom. The molecule has 0 aromatic carbocycles. The molecule has 0 aliphatic rings. The summed E-state index contributed by atoms with van der Waals surface area (Å²) >= 11 is 0. The van der Waals surface area contributed by atoms with Crippen LogP contribution < -0.4 is 5.73 Å². The average molecular weight is 272 g/mol. The number of nitrogen functional groups attached to an aromatic ring is 1. The van der Waals surface area contributed by atoms with Gasteiger partial charge in [0.25, 0.3) is 0 Å². The lowest BCUT2D eigenvalue weighted by molar-refractivity contribution is 0.449. The Hall–Kier alpha value is -1.84. The SMILES string of the molecule is CC(C)CCCC(C)n1cncc1-c1cccnc1N. The topological polar surface area (TPSA) is 56.7 Å². The Morgan fingerprint density at radius 2 is 2.05 bits per heavy atom. The largest absolute Gasteiger partial charge is 0.383 e. The van der Waals surface area contributed by atoms with Gasteiger partial charge in [0.15, 0.2) is 0 Å². The van der Waals surface area contributed by atoms with E-state index in [0.29, 0.717) is 11.9 Å². The molecular weight excluding hydrogens is 248 g/mol. The number of pyridine rings is 1. The first-order valence-electron chi connectivity index (χ1n) is 7.32. The lowest BCUT2D eigenvalue weighted by atomic mass is 10.0. The van der Waals surface area contributed by atoms with E-state index in [1.165, 1.54) is 12.8 Å². The van der Waals surface area contributed by atoms with Gasteiger partial charge in [-0.25, -0.2) is 9.97 Å². The summed E-state index contributed by atoms with van der Waals surface area (Å²) in [5, 5.41) is 0. The van der Waals surface area contributed by atoms with Gasteiger partial charge in [0, 0.05) is 17.8 Å². The highest BCUT2D eigenvalue weighted by atomic mass is 15.1. The van der Waals surface area contributed by atoms with E-state index in [1.807, 2.05) is 24.7 Å². The van der Waals surface area contributed by atoms with Gasteiger partial charge in [0.1, 0.15) is 5.82 Å². The zero-order chi connectivity index (χ0) is 14.5. The number of hydrogen-bond acceptors (Lipinski definition) is 3. The first-order valence-corrected chi connectivity index (χ1v) is 7.32. The van der Waals surface area contributed by atoms with Crippen molar-refractivity contribution >= 4 is 5.82 Å². The van der Waals surface area contributed by atoms with Crippen LogP contribution in [0.3, 0.4) is 0 Å². The molecule has 4 heteroatoms. The van der Waals surface area contributed by atoms with Crippen molar-refractivity contribution in [2.24, 2.45) is 5.92 Å². The average Bonchev–Trinajstić information content (AvgIpc) is 2.87. The lowest BCUT2D eigenvalue weighted by Crippen LogP contribution is -2.07. The van der Waals surface area contributed by atoms with Crippen LogP contribution in [0, 0.1) is 5.92 Å². The standard InChI is InChI=1S/C16H24N4/c1-12(2)6-4-7-13(3)20-11-18-10-15(20)14-8-5-9-19-16(14)17/h5,8-13H,4,6-7H2,1-3H3,(H2,17,19). The first-order chi connectivity index (χ1) is 9.59. The van der Waals surface area contributed by atoms with E-state index in [0.717, 1.165) is 23.6 Å². The maximum atomic E-state index is 5.97. The molecule has 20 heavy (non-hydrogen) atoms. The second-order valence-corrected chi connectivity index (χ2v) is 5.80. The van der Waals surface area contributed by atoms with E-state index in [-0.39, 0.29) is 0 Å². The highest BCUT2D eigenvalue weighted by Gasteiger charge is 2.13. The van der Waals surface area contributed by atoms with Crippen molar-refractivity contribution in [3.8, 4) is 11.3 Å². The molecule has 0 bridgehead atoms. The normalized spacial score (nSPS) is 12.8. The zero-order valence-electron chi connectivity index (χ0n) is 12.6. The summed E-state index contributed by atoms with van der Waals surface area (Å²) in [6.45, 7) is 6.77. The molecule has 0 saturated heterocycles. The van der Waals surface area contributed by atoms with Crippen molar-refractivity contribution in [1.82, 2.24) is 14.5 Å². The van der Waals surface area contributed by atoms with Crippen LogP contribution in [0.5, 0.6) is 0 Å². The van der Waals surface area contributed by atoms with Crippen molar-refractivity contribution in [3.63, 3.8) is 0 Å². The Kier molecular flexibility index (Phi) is 4.77. The number of hydrogen-bond donors (Lipinski definition) is 1. The highest BCUT2D eigenvalue weighted by Crippen LogP contribution is 2.28. The van der Waals surface area contributed by atoms with E-state index >= 15 is 0 Å². The minimum absolute atomic E-state index is 0.422. The van der Waals surface area contributed by atoms with Crippen LogP contribution in [0.1, 0.15) is 46.1 Å². The van der Waals surface area contributed by atoms with Crippen LogP contribution >= 0.6 is 0 Å². The quantitative estimate of drug-likeness (QED) is 0.867. The molecule has 0 saturated carbocycles. The molecule has 1 atom stereocenters. The molecule has 1 unspecified atom stereocenters. The van der Waals surface area contributed by atoms with Crippen molar-refractivity contribution < 1.29 is 0 Å². The molecule has 0 fully saturated rings. The number of rotatable bonds is 6. The molecule has 0 spiro atoms. The van der Waals surface area contributed by atoms with Gasteiger partial charge in [-0.05, 0) is 31.4 Å². The van der Waals surface area contributed by atoms with Crippen LogP contribution in [-0.4, -0.2) is 14.5 Å². The predicted octanol–water partition coefficient (Wildman–Crippen LogP) is 3.91. The fourth-order valence-corrected chi connectivity index (χ4v) is 2.46. The van der Waals surface area contributed by atoms with Crippen molar-refractivity contribution in [1.29, 1.82) is 0 Å². The summed E-state index contributed by atoms with van der Waals surface area (Å²) in [5.74, 6) is 1.32. The van der Waals surface area contributed by atoms with Crippen LogP contribution in [0.2, 0.25) is 0 Å². The molecule has 0 aliphatic carbocycles. The van der Waals surface area contributed by atoms with E-state index in [4.69, 9.17) is 5.73 Å². The van der Waals surface area contributed by atoms with Gasteiger partial charge < -0.3 is 10.3 Å². The molecule has 2 heterocycles. The van der Waals surface area contributed by atoms with Gasteiger partial charge >= 0.3 is 0 Å². The number of aromatic nitrogens is 3. The molecule has 4 nitrogen and oxygen atoms in total. The summed E-state index contributed by atoms with van der Waals surface area (Å²) in [7, 11) is 0. The van der Waals surface area contributed by atoms with Crippen molar-refractivity contribution in [2.45, 2.75) is 46.1 Å². The fraction of sp³-hybridized carbons (Fsp3) is 0.500. The lowest BCUT2D eigenvalue weighted by Gasteiger charge is -2.17. The Morgan fingerprint density at radius 3 is 2.75 bits per heavy atom. The third kappa shape index (κ3) is 3.38. The van der Waals surface area contributed by atoms with Crippen LogP contribution in [-0.2, 0) is 0 Å². The predicted molar refractivity (Wildman–Crippen MR) is 83.3 cm³/mol. The summed E-state index contributed by atoms with van der Waals surface area (Å²) in [4.78, 5) is 8.44. The second-order valence-electron chi connectivity index (χ2n) is 5.80. The Labute approximate surface area is 121 Å². The maximum absolute atomic E-state index is 5.97. The summed E-state index contributed by atoms with van der Waals surface area (Å²) < 4.78 is 2.20. The molecule has 2 rings (SSSR count). The van der Waals surface area contributed by atoms with E-state index in [9.17, 15) is 0 Å². The highest BCUT2D eigenvalue weighted by molar-refractivity contribution is 5.70. The molecular formula is C16H24N4. The van der Waals surface area contributed by atoms with Gasteiger partial charge in [-0.2, -0.15) is 0 Å². The minimum atomic E-state index is 0.422. The van der Waals surface area contributed by atoms with Gasteiger partial charge in [0.05, 0.1) is 18.2 Å². The van der Waals surface area contributed by atoms with Crippen LogP contribution in [0.15, 0.2) is 30.9 Å². The third-order valence-corrected chi connectivity index (χ3v) is 3.66. The van der Waals surface area contributed by atoms with Gasteiger partial charge in [0.2, 0.25) is 0 Å². The maximum Gasteiger partial charge on any atom is 0.132 e. The summed E-state index contributed by atoms with van der Waals surface area (Å²) in [6, 6.07) is 4.33. The van der Waals surface area contributed by atoms with Crippen LogP contribution in [0.25, 0.3) is 11.3 Å². The molecule has 108 valence electrons. The van der Waals surface area contributed by atoms with Gasteiger partial charge in [-0.1, -0.05) is 26.7 Å². The Balaban J connectivity index is 2.14. The summed E-state index contributed by atoms with van der Waals surface area (Å²) in [5.41, 5.74) is 7.98. The minimum Gasteiger partial charge on any atom is -0.383 e. The number of anilines is 1. The van der Waals surface area contributed by atoms with Gasteiger partial charge in [-0.15, -0.1) is 0 Å². The van der Waals surface area contributed by atoms with Crippen molar-refractivity contribution in [3.05, 3.63) is 30.9 Å². The van der Waals surface area contributed by atoms with Crippen molar-refractivity contribution in [2.75, 3.05) is 5.73 Å². The van der Waals surface area contributed by atoms with E-state index in [2.05, 4.69) is 35.3 Å². The molecule has 0 amide bonds. The number of nitrogens with zero attached hydrogens (tertiary/aromatic N) is 3. The Bertz CT molecular complexity index is 545.